The number of carbonyl (C=O) groups is 1. The fourth-order valence-electron chi connectivity index (χ4n) is 1.62. The molecule has 7 nitrogen and oxygen atoms in total. The largest absolute Gasteiger partial charge is 0.505 e. The molecule has 2 aromatic carbocycles. The predicted octanol–water partition coefficient (Wildman–Crippen LogP) is 3.08. The van der Waals surface area contributed by atoms with Gasteiger partial charge in [0.05, 0.1) is 4.92 Å². The molecule has 2 rings (SSSR count). The molecule has 0 bridgehead atoms. The van der Waals surface area contributed by atoms with Crippen molar-refractivity contribution in [2.24, 2.45) is 0 Å². The third-order valence-electron chi connectivity index (χ3n) is 2.56. The molecule has 2 aromatic rings. The summed E-state index contributed by atoms with van der Waals surface area (Å²) in [4.78, 5) is 21.8. The van der Waals surface area contributed by atoms with E-state index in [1.807, 2.05) is 0 Å². The summed E-state index contributed by atoms with van der Waals surface area (Å²) in [5.41, 5.74) is -0.460. The van der Waals surface area contributed by atoms with Crippen LogP contribution in [0.1, 0.15) is 0 Å². The summed E-state index contributed by atoms with van der Waals surface area (Å²) < 4.78 is 12.7. The first-order valence-electron chi connectivity index (χ1n) is 5.77. The SMILES string of the molecule is O=C(Nc1ccc(F)cc1)Nc1c(O)cccc1[N+](=O)[O-]. The molecule has 0 atom stereocenters. The number of phenols is 1. The Bertz CT molecular complexity index is 688. The van der Waals surface area contributed by atoms with Gasteiger partial charge < -0.3 is 10.4 Å². The predicted molar refractivity (Wildman–Crippen MR) is 73.8 cm³/mol. The number of benzene rings is 2. The Morgan fingerprint density at radius 2 is 1.81 bits per heavy atom. The average Bonchev–Trinajstić information content (AvgIpc) is 2.43. The highest BCUT2D eigenvalue weighted by atomic mass is 19.1. The molecule has 8 heteroatoms. The molecular weight excluding hydrogens is 281 g/mol. The van der Waals surface area contributed by atoms with E-state index in [1.54, 1.807) is 0 Å². The van der Waals surface area contributed by atoms with Gasteiger partial charge in [0, 0.05) is 11.8 Å². The van der Waals surface area contributed by atoms with Crippen molar-refractivity contribution in [3.8, 4) is 5.75 Å². The molecule has 0 aliphatic heterocycles. The van der Waals surface area contributed by atoms with Gasteiger partial charge in [-0.05, 0) is 30.3 Å². The van der Waals surface area contributed by atoms with Crippen molar-refractivity contribution in [2.45, 2.75) is 0 Å². The second kappa shape index (κ2) is 5.87. The Morgan fingerprint density at radius 3 is 2.43 bits per heavy atom. The molecule has 108 valence electrons. The summed E-state index contributed by atoms with van der Waals surface area (Å²) in [7, 11) is 0. The van der Waals surface area contributed by atoms with Crippen LogP contribution in [0, 0.1) is 15.9 Å². The molecule has 0 fully saturated rings. The minimum atomic E-state index is -0.800. The van der Waals surface area contributed by atoms with E-state index in [-0.39, 0.29) is 5.69 Å². The molecule has 0 spiro atoms. The monoisotopic (exact) mass is 291 g/mol. The van der Waals surface area contributed by atoms with E-state index < -0.39 is 28.2 Å². The van der Waals surface area contributed by atoms with Crippen LogP contribution < -0.4 is 10.6 Å². The van der Waals surface area contributed by atoms with Crippen molar-refractivity contribution in [1.29, 1.82) is 0 Å². The van der Waals surface area contributed by atoms with Crippen molar-refractivity contribution in [3.05, 3.63) is 58.4 Å². The van der Waals surface area contributed by atoms with Gasteiger partial charge in [-0.3, -0.25) is 15.4 Å². The van der Waals surface area contributed by atoms with E-state index in [4.69, 9.17) is 0 Å². The van der Waals surface area contributed by atoms with Crippen molar-refractivity contribution in [1.82, 2.24) is 0 Å². The number of carbonyl (C=O) groups excluding carboxylic acids is 1. The molecule has 0 aliphatic carbocycles. The minimum Gasteiger partial charge on any atom is -0.505 e. The van der Waals surface area contributed by atoms with E-state index in [0.29, 0.717) is 5.69 Å². The smallest absolute Gasteiger partial charge is 0.323 e. The molecule has 0 aromatic heterocycles. The summed E-state index contributed by atoms with van der Waals surface area (Å²) in [5, 5.41) is 25.0. The number of para-hydroxylation sites is 1. The number of nitrogens with one attached hydrogen (secondary N) is 2. The fraction of sp³-hybridized carbons (Fsp3) is 0. The number of amides is 2. The van der Waals surface area contributed by atoms with E-state index >= 15 is 0 Å². The number of aromatic hydroxyl groups is 1. The highest BCUT2D eigenvalue weighted by Gasteiger charge is 2.19. The van der Waals surface area contributed by atoms with Gasteiger partial charge in [0.1, 0.15) is 11.6 Å². The van der Waals surface area contributed by atoms with Crippen LogP contribution in [-0.4, -0.2) is 16.1 Å². The topological polar surface area (TPSA) is 104 Å². The van der Waals surface area contributed by atoms with Gasteiger partial charge >= 0.3 is 6.03 Å². The highest BCUT2D eigenvalue weighted by Crippen LogP contribution is 2.33. The van der Waals surface area contributed by atoms with Crippen molar-refractivity contribution in [3.63, 3.8) is 0 Å². The van der Waals surface area contributed by atoms with Gasteiger partial charge in [-0.15, -0.1) is 0 Å². The summed E-state index contributed by atoms with van der Waals surface area (Å²) >= 11 is 0. The summed E-state index contributed by atoms with van der Waals surface area (Å²) in [6.07, 6.45) is 0. The average molecular weight is 291 g/mol. The molecule has 0 aliphatic rings. The number of halogens is 1. The molecule has 0 heterocycles. The second-order valence-electron chi connectivity index (χ2n) is 4.01. The van der Waals surface area contributed by atoms with Crippen LogP contribution in [0.2, 0.25) is 0 Å². The number of nitro groups is 1. The zero-order valence-corrected chi connectivity index (χ0v) is 10.5. The maximum atomic E-state index is 12.7. The van der Waals surface area contributed by atoms with Crippen LogP contribution in [-0.2, 0) is 0 Å². The van der Waals surface area contributed by atoms with Crippen LogP contribution in [0.3, 0.4) is 0 Å². The van der Waals surface area contributed by atoms with Gasteiger partial charge in [0.25, 0.3) is 5.69 Å². The molecule has 0 radical (unpaired) electrons. The van der Waals surface area contributed by atoms with E-state index in [9.17, 15) is 24.4 Å². The molecule has 0 unspecified atom stereocenters. The minimum absolute atomic E-state index is 0.298. The normalized spacial score (nSPS) is 9.95. The lowest BCUT2D eigenvalue weighted by Gasteiger charge is -2.09. The third-order valence-corrected chi connectivity index (χ3v) is 2.56. The second-order valence-corrected chi connectivity index (χ2v) is 4.01. The van der Waals surface area contributed by atoms with E-state index in [2.05, 4.69) is 10.6 Å². The zero-order valence-electron chi connectivity index (χ0n) is 10.5. The lowest BCUT2D eigenvalue weighted by atomic mass is 10.2. The number of anilines is 2. The molecule has 3 N–H and O–H groups in total. The number of urea groups is 1. The summed E-state index contributed by atoms with van der Waals surface area (Å²) in [5.74, 6) is -0.893. The Labute approximate surface area is 118 Å². The number of hydrogen-bond donors (Lipinski definition) is 3. The quantitative estimate of drug-likeness (QED) is 0.459. The van der Waals surface area contributed by atoms with Crippen molar-refractivity contribution in [2.75, 3.05) is 10.6 Å². The van der Waals surface area contributed by atoms with Gasteiger partial charge in [-0.1, -0.05) is 6.07 Å². The molecule has 0 saturated carbocycles. The zero-order chi connectivity index (χ0) is 15.4. The van der Waals surface area contributed by atoms with E-state index in [1.165, 1.54) is 24.3 Å². The summed E-state index contributed by atoms with van der Waals surface area (Å²) in [6.45, 7) is 0. The summed E-state index contributed by atoms with van der Waals surface area (Å²) in [6, 6.07) is 7.80. The Kier molecular flexibility index (Phi) is 3.98. The number of nitro benzene ring substituents is 1. The standard InChI is InChI=1S/C13H10FN3O4/c14-8-4-6-9(7-5-8)15-13(19)16-12-10(17(20)21)2-1-3-11(12)18/h1-7,18H,(H2,15,16,19). The number of nitrogens with zero attached hydrogens (tertiary/aromatic N) is 1. The molecule has 0 saturated heterocycles. The van der Waals surface area contributed by atoms with E-state index in [0.717, 1.165) is 18.2 Å². The Hall–Kier alpha value is -3.16. The van der Waals surface area contributed by atoms with Gasteiger partial charge in [-0.2, -0.15) is 0 Å². The van der Waals surface area contributed by atoms with Crippen molar-refractivity contribution >= 4 is 23.1 Å². The molecule has 2 amide bonds. The number of hydrogen-bond acceptors (Lipinski definition) is 4. The first kappa shape index (κ1) is 14.3. The van der Waals surface area contributed by atoms with Crippen LogP contribution in [0.4, 0.5) is 26.2 Å². The molecule has 21 heavy (non-hydrogen) atoms. The third kappa shape index (κ3) is 3.44. The fourth-order valence-corrected chi connectivity index (χ4v) is 1.62. The number of rotatable bonds is 3. The van der Waals surface area contributed by atoms with Gasteiger partial charge in [-0.25, -0.2) is 9.18 Å². The van der Waals surface area contributed by atoms with Gasteiger partial charge in [0.15, 0.2) is 5.69 Å². The maximum Gasteiger partial charge on any atom is 0.323 e. The Morgan fingerprint density at radius 1 is 1.14 bits per heavy atom. The van der Waals surface area contributed by atoms with Crippen LogP contribution in [0.15, 0.2) is 42.5 Å². The van der Waals surface area contributed by atoms with Crippen LogP contribution >= 0.6 is 0 Å². The van der Waals surface area contributed by atoms with Gasteiger partial charge in [0.2, 0.25) is 0 Å². The highest BCUT2D eigenvalue weighted by molar-refractivity contribution is 6.02. The lowest BCUT2D eigenvalue weighted by molar-refractivity contribution is -0.384. The maximum absolute atomic E-state index is 12.7. The lowest BCUT2D eigenvalue weighted by Crippen LogP contribution is -2.20. The first-order valence-corrected chi connectivity index (χ1v) is 5.77. The van der Waals surface area contributed by atoms with Crippen LogP contribution in [0.5, 0.6) is 5.75 Å². The number of phenolic OH excluding ortho intramolecular Hbond substituents is 1. The van der Waals surface area contributed by atoms with Crippen LogP contribution in [0.25, 0.3) is 0 Å². The van der Waals surface area contributed by atoms with Crippen molar-refractivity contribution < 1.29 is 19.2 Å². The molecular formula is C13H10FN3O4. The first-order chi connectivity index (χ1) is 9.97. The Balaban J connectivity index is 2.16.